The van der Waals surface area contributed by atoms with E-state index in [4.69, 9.17) is 9.47 Å². The number of amidine groups is 1. The number of hydrogen-bond acceptors (Lipinski definition) is 4. The van der Waals surface area contributed by atoms with Gasteiger partial charge in [0, 0.05) is 6.54 Å². The van der Waals surface area contributed by atoms with Crippen molar-refractivity contribution in [2.75, 3.05) is 20.3 Å². The lowest BCUT2D eigenvalue weighted by molar-refractivity contribution is 0.331. The second-order valence-corrected chi connectivity index (χ2v) is 4.78. The quantitative estimate of drug-likeness (QED) is 0.941. The molecule has 0 saturated heterocycles. The highest BCUT2D eigenvalue weighted by Gasteiger charge is 2.12. The van der Waals surface area contributed by atoms with E-state index in [9.17, 15) is 0 Å². The van der Waals surface area contributed by atoms with Crippen molar-refractivity contribution in [3.05, 3.63) is 59.7 Å². The Kier molecular flexibility index (Phi) is 4.05. The van der Waals surface area contributed by atoms with Gasteiger partial charge in [-0.15, -0.1) is 0 Å². The van der Waals surface area contributed by atoms with Crippen molar-refractivity contribution in [2.24, 2.45) is 4.99 Å². The van der Waals surface area contributed by atoms with E-state index in [0.29, 0.717) is 19.7 Å². The fourth-order valence-electron chi connectivity index (χ4n) is 2.31. The zero-order valence-electron chi connectivity index (χ0n) is 12.0. The Bertz CT molecular complexity index is 653. The number of ether oxygens (including phenoxy) is 2. The monoisotopic (exact) mass is 282 g/mol. The number of rotatable bonds is 3. The van der Waals surface area contributed by atoms with Crippen molar-refractivity contribution in [1.29, 1.82) is 0 Å². The molecule has 0 amide bonds. The molecule has 0 fully saturated rings. The van der Waals surface area contributed by atoms with Crippen LogP contribution >= 0.6 is 0 Å². The van der Waals surface area contributed by atoms with Crippen molar-refractivity contribution in [2.45, 2.75) is 6.54 Å². The van der Waals surface area contributed by atoms with Gasteiger partial charge in [0.2, 0.25) is 0 Å². The van der Waals surface area contributed by atoms with E-state index in [0.717, 1.165) is 28.5 Å². The van der Waals surface area contributed by atoms with Crippen molar-refractivity contribution >= 4 is 5.84 Å². The van der Waals surface area contributed by atoms with Crippen LogP contribution < -0.4 is 14.8 Å². The molecule has 0 aromatic heterocycles. The molecule has 2 aromatic rings. The SMILES string of the molecule is COc1cccc(CNC2=NCCOc3ccccc32)c1. The second-order valence-electron chi connectivity index (χ2n) is 4.78. The Hall–Kier alpha value is -2.49. The molecule has 0 radical (unpaired) electrons. The fourth-order valence-corrected chi connectivity index (χ4v) is 2.31. The molecule has 1 heterocycles. The number of nitrogens with one attached hydrogen (secondary N) is 1. The predicted molar refractivity (Wildman–Crippen MR) is 83.2 cm³/mol. The topological polar surface area (TPSA) is 42.8 Å². The van der Waals surface area contributed by atoms with Gasteiger partial charge < -0.3 is 14.8 Å². The van der Waals surface area contributed by atoms with E-state index in [2.05, 4.69) is 16.4 Å². The molecule has 1 N–H and O–H groups in total. The standard InChI is InChI=1S/C17H18N2O2/c1-20-14-6-4-5-13(11-14)12-19-17-15-7-2-3-8-16(15)21-10-9-18-17/h2-8,11H,9-10,12H2,1H3,(H,18,19). The van der Waals surface area contributed by atoms with E-state index < -0.39 is 0 Å². The number of nitrogens with zero attached hydrogens (tertiary/aromatic N) is 1. The molecule has 0 bridgehead atoms. The summed E-state index contributed by atoms with van der Waals surface area (Å²) in [5.74, 6) is 2.62. The predicted octanol–water partition coefficient (Wildman–Crippen LogP) is 2.62. The van der Waals surface area contributed by atoms with Crippen LogP contribution in [-0.2, 0) is 6.54 Å². The molecule has 108 valence electrons. The first-order chi connectivity index (χ1) is 10.4. The summed E-state index contributed by atoms with van der Waals surface area (Å²) >= 11 is 0. The van der Waals surface area contributed by atoms with E-state index >= 15 is 0 Å². The van der Waals surface area contributed by atoms with Crippen LogP contribution in [0.3, 0.4) is 0 Å². The minimum atomic E-state index is 0.612. The Morgan fingerprint density at radius 3 is 3.00 bits per heavy atom. The summed E-state index contributed by atoms with van der Waals surface area (Å²) in [5, 5.41) is 3.40. The van der Waals surface area contributed by atoms with E-state index in [1.807, 2.05) is 42.5 Å². The van der Waals surface area contributed by atoms with Gasteiger partial charge in [0.1, 0.15) is 23.9 Å². The highest BCUT2D eigenvalue weighted by atomic mass is 16.5. The lowest BCUT2D eigenvalue weighted by atomic mass is 10.1. The molecule has 4 nitrogen and oxygen atoms in total. The molecule has 0 saturated carbocycles. The lowest BCUT2D eigenvalue weighted by Gasteiger charge is -2.12. The average Bonchev–Trinajstić information content (AvgIpc) is 2.75. The third kappa shape index (κ3) is 3.16. The molecule has 2 aromatic carbocycles. The van der Waals surface area contributed by atoms with Gasteiger partial charge in [-0.2, -0.15) is 0 Å². The normalized spacial score (nSPS) is 13.5. The van der Waals surface area contributed by atoms with Crippen molar-refractivity contribution in [3.8, 4) is 11.5 Å². The molecule has 0 aliphatic carbocycles. The summed E-state index contributed by atoms with van der Waals surface area (Å²) in [4.78, 5) is 4.57. The summed E-state index contributed by atoms with van der Waals surface area (Å²) < 4.78 is 10.9. The van der Waals surface area contributed by atoms with Crippen LogP contribution in [0.15, 0.2) is 53.5 Å². The number of fused-ring (bicyclic) bond motifs is 1. The number of benzene rings is 2. The number of methoxy groups -OCH3 is 1. The first-order valence-corrected chi connectivity index (χ1v) is 7.00. The maximum Gasteiger partial charge on any atom is 0.132 e. The first-order valence-electron chi connectivity index (χ1n) is 7.00. The summed E-state index contributed by atoms with van der Waals surface area (Å²) in [6.45, 7) is 1.97. The summed E-state index contributed by atoms with van der Waals surface area (Å²) in [6, 6.07) is 16.0. The van der Waals surface area contributed by atoms with E-state index in [1.54, 1.807) is 7.11 Å². The molecule has 3 rings (SSSR count). The average molecular weight is 282 g/mol. The van der Waals surface area contributed by atoms with Crippen LogP contribution in [0.5, 0.6) is 11.5 Å². The smallest absolute Gasteiger partial charge is 0.132 e. The van der Waals surface area contributed by atoms with Gasteiger partial charge in [0.05, 0.1) is 19.2 Å². The van der Waals surface area contributed by atoms with Gasteiger partial charge in [0.25, 0.3) is 0 Å². The van der Waals surface area contributed by atoms with E-state index in [1.165, 1.54) is 0 Å². The molecule has 0 atom stereocenters. The maximum absolute atomic E-state index is 5.69. The largest absolute Gasteiger partial charge is 0.497 e. The first kappa shape index (κ1) is 13.5. The Labute approximate surface area is 124 Å². The van der Waals surface area contributed by atoms with Gasteiger partial charge in [-0.3, -0.25) is 4.99 Å². The molecule has 4 heteroatoms. The van der Waals surface area contributed by atoms with Crippen LogP contribution in [0.25, 0.3) is 0 Å². The van der Waals surface area contributed by atoms with Crippen LogP contribution in [0, 0.1) is 0 Å². The summed E-state index contributed by atoms with van der Waals surface area (Å²) in [6.07, 6.45) is 0. The minimum absolute atomic E-state index is 0.612. The second kappa shape index (κ2) is 6.31. The molecule has 1 aliphatic rings. The molecular formula is C17H18N2O2. The van der Waals surface area contributed by atoms with Gasteiger partial charge >= 0.3 is 0 Å². The van der Waals surface area contributed by atoms with Crippen LogP contribution in [0.1, 0.15) is 11.1 Å². The van der Waals surface area contributed by atoms with Crippen LogP contribution in [0.2, 0.25) is 0 Å². The third-order valence-corrected chi connectivity index (χ3v) is 3.36. The van der Waals surface area contributed by atoms with Gasteiger partial charge in [0.15, 0.2) is 0 Å². The Morgan fingerprint density at radius 1 is 1.19 bits per heavy atom. The zero-order valence-corrected chi connectivity index (χ0v) is 12.0. The Balaban J connectivity index is 1.77. The third-order valence-electron chi connectivity index (χ3n) is 3.36. The number of aliphatic imine (C=N–C) groups is 1. The lowest BCUT2D eigenvalue weighted by Crippen LogP contribution is -2.24. The molecule has 21 heavy (non-hydrogen) atoms. The Morgan fingerprint density at radius 2 is 2.10 bits per heavy atom. The molecule has 1 aliphatic heterocycles. The zero-order chi connectivity index (χ0) is 14.5. The van der Waals surface area contributed by atoms with Gasteiger partial charge in [-0.05, 0) is 29.8 Å². The number of para-hydroxylation sites is 1. The maximum atomic E-state index is 5.69. The highest BCUT2D eigenvalue weighted by Crippen LogP contribution is 2.20. The summed E-state index contributed by atoms with van der Waals surface area (Å²) in [7, 11) is 1.68. The highest BCUT2D eigenvalue weighted by molar-refractivity contribution is 6.01. The fraction of sp³-hybridized carbons (Fsp3) is 0.235. The minimum Gasteiger partial charge on any atom is -0.497 e. The van der Waals surface area contributed by atoms with Crippen LogP contribution in [0.4, 0.5) is 0 Å². The van der Waals surface area contributed by atoms with Crippen LogP contribution in [-0.4, -0.2) is 26.1 Å². The number of hydrogen-bond donors (Lipinski definition) is 1. The summed E-state index contributed by atoms with van der Waals surface area (Å²) in [5.41, 5.74) is 2.16. The van der Waals surface area contributed by atoms with Gasteiger partial charge in [-0.1, -0.05) is 24.3 Å². The van der Waals surface area contributed by atoms with Crippen molar-refractivity contribution < 1.29 is 9.47 Å². The van der Waals surface area contributed by atoms with Gasteiger partial charge in [-0.25, -0.2) is 0 Å². The molecule has 0 spiro atoms. The van der Waals surface area contributed by atoms with Crippen molar-refractivity contribution in [3.63, 3.8) is 0 Å². The molecule has 0 unspecified atom stereocenters. The molecular weight excluding hydrogens is 264 g/mol. The van der Waals surface area contributed by atoms with Crippen molar-refractivity contribution in [1.82, 2.24) is 5.32 Å². The van der Waals surface area contributed by atoms with E-state index in [-0.39, 0.29) is 0 Å².